The number of benzene rings is 1. The number of carbonyl (C=O) groups is 1. The van der Waals surface area contributed by atoms with Gasteiger partial charge in [-0.2, -0.15) is 0 Å². The molecular weight excluding hydrogens is 287 g/mol. The van der Waals surface area contributed by atoms with Gasteiger partial charge in [0.1, 0.15) is 11.6 Å². The van der Waals surface area contributed by atoms with Crippen LogP contribution in [0.15, 0.2) is 22.7 Å². The lowest BCUT2D eigenvalue weighted by atomic mass is 9.96. The second-order valence-corrected chi connectivity index (χ2v) is 5.20. The summed E-state index contributed by atoms with van der Waals surface area (Å²) in [6.45, 7) is 0.268. The van der Waals surface area contributed by atoms with Crippen LogP contribution < -0.4 is 0 Å². The summed E-state index contributed by atoms with van der Waals surface area (Å²) in [5.41, 5.74) is 0.552. The fourth-order valence-electron chi connectivity index (χ4n) is 1.94. The Balaban J connectivity index is 1.89. The Labute approximate surface area is 108 Å². The lowest BCUT2D eigenvalue weighted by Crippen LogP contribution is -2.21. The smallest absolute Gasteiger partial charge is 0.133 e. The number of halogens is 2. The molecule has 0 radical (unpaired) electrons. The molecule has 92 valence electrons. The minimum Gasteiger partial charge on any atom is -0.373 e. The Kier molecular flexibility index (Phi) is 4.29. The maximum Gasteiger partial charge on any atom is 0.133 e. The molecule has 1 aromatic carbocycles. The third kappa shape index (κ3) is 3.61. The predicted molar refractivity (Wildman–Crippen MR) is 66.2 cm³/mol. The van der Waals surface area contributed by atoms with E-state index in [0.717, 1.165) is 17.3 Å². The van der Waals surface area contributed by atoms with E-state index in [9.17, 15) is 9.18 Å². The number of carbonyl (C=O) groups excluding carboxylic acids is 1. The number of hydrogen-bond donors (Lipinski definition) is 0. The van der Waals surface area contributed by atoms with Crippen LogP contribution in [0, 0.1) is 5.82 Å². The van der Waals surface area contributed by atoms with Gasteiger partial charge in [0, 0.05) is 22.9 Å². The van der Waals surface area contributed by atoms with E-state index in [1.807, 2.05) is 0 Å². The zero-order valence-electron chi connectivity index (χ0n) is 9.42. The van der Waals surface area contributed by atoms with Crippen molar-refractivity contribution in [3.63, 3.8) is 0 Å². The third-order valence-electron chi connectivity index (χ3n) is 2.97. The van der Waals surface area contributed by atoms with E-state index < -0.39 is 0 Å². The fourth-order valence-corrected chi connectivity index (χ4v) is 2.35. The topological polar surface area (TPSA) is 26.3 Å². The van der Waals surface area contributed by atoms with Gasteiger partial charge in [0.15, 0.2) is 0 Å². The first-order valence-electron chi connectivity index (χ1n) is 5.72. The second-order valence-electron chi connectivity index (χ2n) is 4.28. The van der Waals surface area contributed by atoms with Crippen LogP contribution in [0.4, 0.5) is 4.39 Å². The zero-order chi connectivity index (χ0) is 12.3. The summed E-state index contributed by atoms with van der Waals surface area (Å²) in [4.78, 5) is 11.1. The van der Waals surface area contributed by atoms with Crippen LogP contribution >= 0.6 is 15.9 Å². The van der Waals surface area contributed by atoms with Gasteiger partial charge in [-0.3, -0.25) is 4.79 Å². The molecule has 0 aliphatic heterocycles. The van der Waals surface area contributed by atoms with E-state index in [0.29, 0.717) is 24.2 Å². The average molecular weight is 301 g/mol. The van der Waals surface area contributed by atoms with Crippen LogP contribution in [0.3, 0.4) is 0 Å². The van der Waals surface area contributed by atoms with Gasteiger partial charge in [-0.1, -0.05) is 15.9 Å². The van der Waals surface area contributed by atoms with Gasteiger partial charge in [0.25, 0.3) is 0 Å². The highest BCUT2D eigenvalue weighted by atomic mass is 79.9. The first-order valence-corrected chi connectivity index (χ1v) is 6.51. The van der Waals surface area contributed by atoms with Gasteiger partial charge in [0.2, 0.25) is 0 Å². The van der Waals surface area contributed by atoms with Crippen LogP contribution in [-0.2, 0) is 16.1 Å². The maximum absolute atomic E-state index is 13.4. The van der Waals surface area contributed by atoms with Crippen molar-refractivity contribution >= 4 is 21.7 Å². The van der Waals surface area contributed by atoms with Gasteiger partial charge in [0.05, 0.1) is 12.7 Å². The van der Waals surface area contributed by atoms with Crippen LogP contribution in [0.25, 0.3) is 0 Å². The summed E-state index contributed by atoms with van der Waals surface area (Å²) in [5.74, 6) is 0.0542. The third-order valence-corrected chi connectivity index (χ3v) is 3.47. The van der Waals surface area contributed by atoms with Crippen molar-refractivity contribution in [2.75, 3.05) is 0 Å². The molecular formula is C13H14BrFO2. The van der Waals surface area contributed by atoms with Gasteiger partial charge in [-0.25, -0.2) is 4.39 Å². The first kappa shape index (κ1) is 12.7. The normalized spacial score (nSPS) is 17.4. The number of rotatable bonds is 3. The molecule has 1 saturated carbocycles. The maximum atomic E-state index is 13.4. The minimum atomic E-state index is -0.250. The Morgan fingerprint density at radius 3 is 2.76 bits per heavy atom. The average Bonchev–Trinajstić information content (AvgIpc) is 2.32. The summed E-state index contributed by atoms with van der Waals surface area (Å²) in [6.07, 6.45) is 2.78. The van der Waals surface area contributed by atoms with Gasteiger partial charge >= 0.3 is 0 Å². The first-order chi connectivity index (χ1) is 8.15. The molecule has 0 saturated heterocycles. The van der Waals surface area contributed by atoms with Gasteiger partial charge < -0.3 is 4.74 Å². The minimum absolute atomic E-state index is 0.0890. The molecule has 2 nitrogen and oxygen atoms in total. The highest BCUT2D eigenvalue weighted by molar-refractivity contribution is 9.10. The van der Waals surface area contributed by atoms with Crippen molar-refractivity contribution in [2.45, 2.75) is 38.4 Å². The number of hydrogen-bond acceptors (Lipinski definition) is 2. The lowest BCUT2D eigenvalue weighted by Gasteiger charge is -2.21. The number of Topliss-reactive ketones (excluding diaryl/α,β-unsaturated/α-hetero) is 1. The van der Waals surface area contributed by atoms with Gasteiger partial charge in [-0.15, -0.1) is 0 Å². The van der Waals surface area contributed by atoms with Crippen LogP contribution in [0.2, 0.25) is 0 Å². The molecule has 1 fully saturated rings. The largest absolute Gasteiger partial charge is 0.373 e. The van der Waals surface area contributed by atoms with Crippen molar-refractivity contribution in [1.29, 1.82) is 0 Å². The molecule has 2 rings (SSSR count). The molecule has 0 heterocycles. The van der Waals surface area contributed by atoms with Crippen LogP contribution in [0.5, 0.6) is 0 Å². The van der Waals surface area contributed by atoms with E-state index in [-0.39, 0.29) is 18.5 Å². The summed E-state index contributed by atoms with van der Waals surface area (Å²) < 4.78 is 19.9. The Hall–Kier alpha value is -0.740. The SMILES string of the molecule is O=C1CCC(OCc2cc(Br)ccc2F)CC1. The van der Waals surface area contributed by atoms with E-state index in [1.54, 1.807) is 12.1 Å². The predicted octanol–water partition coefficient (Wildman–Crippen LogP) is 3.62. The zero-order valence-corrected chi connectivity index (χ0v) is 11.0. The number of ether oxygens (including phenoxy) is 1. The van der Waals surface area contributed by atoms with Crippen molar-refractivity contribution in [1.82, 2.24) is 0 Å². The molecule has 0 bridgehead atoms. The molecule has 0 spiro atoms. The van der Waals surface area contributed by atoms with Crippen LogP contribution in [-0.4, -0.2) is 11.9 Å². The second kappa shape index (κ2) is 5.74. The Bertz CT molecular complexity index is 410. The van der Waals surface area contributed by atoms with E-state index in [2.05, 4.69) is 15.9 Å². The van der Waals surface area contributed by atoms with Crippen LogP contribution in [0.1, 0.15) is 31.2 Å². The molecule has 1 aliphatic carbocycles. The standard InChI is InChI=1S/C13H14BrFO2/c14-10-1-6-13(15)9(7-10)8-17-12-4-2-11(16)3-5-12/h1,6-7,12H,2-5,8H2. The van der Waals surface area contributed by atoms with E-state index >= 15 is 0 Å². The van der Waals surface area contributed by atoms with Crippen molar-refractivity contribution in [3.8, 4) is 0 Å². The molecule has 1 aliphatic rings. The summed E-state index contributed by atoms with van der Waals surface area (Å²) in [7, 11) is 0. The lowest BCUT2D eigenvalue weighted by molar-refractivity contribution is -0.123. The highest BCUT2D eigenvalue weighted by Gasteiger charge is 2.19. The number of ketones is 1. The van der Waals surface area contributed by atoms with Crippen molar-refractivity contribution in [3.05, 3.63) is 34.1 Å². The summed E-state index contributed by atoms with van der Waals surface area (Å²) in [6, 6.07) is 4.81. The monoisotopic (exact) mass is 300 g/mol. The van der Waals surface area contributed by atoms with Gasteiger partial charge in [-0.05, 0) is 31.0 Å². The van der Waals surface area contributed by atoms with Crippen molar-refractivity contribution < 1.29 is 13.9 Å². The summed E-state index contributed by atoms with van der Waals surface area (Å²) in [5, 5.41) is 0. The molecule has 0 unspecified atom stereocenters. The molecule has 4 heteroatoms. The van der Waals surface area contributed by atoms with Crippen molar-refractivity contribution in [2.24, 2.45) is 0 Å². The molecule has 0 atom stereocenters. The Morgan fingerprint density at radius 2 is 2.06 bits per heavy atom. The summed E-state index contributed by atoms with van der Waals surface area (Å²) >= 11 is 3.30. The quantitative estimate of drug-likeness (QED) is 0.852. The molecule has 0 aromatic heterocycles. The molecule has 17 heavy (non-hydrogen) atoms. The fraction of sp³-hybridized carbons (Fsp3) is 0.462. The molecule has 1 aromatic rings. The highest BCUT2D eigenvalue weighted by Crippen LogP contribution is 2.21. The molecule has 0 amide bonds. The van der Waals surface area contributed by atoms with E-state index in [4.69, 9.17) is 4.74 Å². The Morgan fingerprint density at radius 1 is 1.35 bits per heavy atom. The molecule has 0 N–H and O–H groups in total. The van der Waals surface area contributed by atoms with E-state index in [1.165, 1.54) is 6.07 Å².